The molecule has 0 saturated heterocycles. The summed E-state index contributed by atoms with van der Waals surface area (Å²) in [7, 11) is 1.72. The molecule has 1 aromatic carbocycles. The second-order valence-corrected chi connectivity index (χ2v) is 5.01. The van der Waals surface area contributed by atoms with Crippen molar-refractivity contribution in [2.75, 3.05) is 19.0 Å². The minimum atomic E-state index is -0.344. The first-order valence-electron chi connectivity index (χ1n) is 6.35. The van der Waals surface area contributed by atoms with Gasteiger partial charge in [-0.25, -0.2) is 4.39 Å². The van der Waals surface area contributed by atoms with Gasteiger partial charge in [0.15, 0.2) is 0 Å². The van der Waals surface area contributed by atoms with Gasteiger partial charge in [0, 0.05) is 12.8 Å². The normalized spacial score (nSPS) is 28.1. The van der Waals surface area contributed by atoms with Crippen molar-refractivity contribution in [2.45, 2.75) is 37.3 Å². The Morgan fingerprint density at radius 2 is 2.17 bits per heavy atom. The molecule has 1 aliphatic rings. The van der Waals surface area contributed by atoms with Gasteiger partial charge in [-0.15, -0.1) is 0 Å². The second-order valence-electron chi connectivity index (χ2n) is 5.01. The van der Waals surface area contributed by atoms with E-state index in [0.717, 1.165) is 31.4 Å². The van der Waals surface area contributed by atoms with Crippen LogP contribution in [-0.4, -0.2) is 30.5 Å². The third kappa shape index (κ3) is 3.00. The number of benzene rings is 1. The molecule has 1 saturated carbocycles. The molecule has 1 aromatic rings. The quantitative estimate of drug-likeness (QED) is 0.866. The largest absolute Gasteiger partial charge is 0.394 e. The maximum absolute atomic E-state index is 13.1. The van der Waals surface area contributed by atoms with E-state index in [4.69, 9.17) is 4.74 Å². The lowest BCUT2D eigenvalue weighted by Crippen LogP contribution is -2.46. The Balaban J connectivity index is 2.05. The van der Waals surface area contributed by atoms with Crippen LogP contribution in [0.15, 0.2) is 24.3 Å². The van der Waals surface area contributed by atoms with Gasteiger partial charge < -0.3 is 15.2 Å². The van der Waals surface area contributed by atoms with Gasteiger partial charge in [-0.05, 0) is 43.9 Å². The second kappa shape index (κ2) is 5.67. The zero-order valence-corrected chi connectivity index (χ0v) is 10.7. The molecule has 18 heavy (non-hydrogen) atoms. The van der Waals surface area contributed by atoms with Crippen molar-refractivity contribution in [3.63, 3.8) is 0 Å². The van der Waals surface area contributed by atoms with Crippen LogP contribution in [0.4, 0.5) is 10.1 Å². The Kier molecular flexibility index (Phi) is 4.19. The fourth-order valence-corrected chi connectivity index (χ4v) is 2.57. The molecule has 0 aliphatic heterocycles. The summed E-state index contributed by atoms with van der Waals surface area (Å²) in [5.41, 5.74) is 0.378. The van der Waals surface area contributed by atoms with E-state index in [2.05, 4.69) is 5.32 Å². The Morgan fingerprint density at radius 3 is 2.72 bits per heavy atom. The number of ether oxygens (including phenoxy) is 1. The van der Waals surface area contributed by atoms with Gasteiger partial charge in [-0.1, -0.05) is 6.07 Å². The average Bonchev–Trinajstić information content (AvgIpc) is 2.39. The summed E-state index contributed by atoms with van der Waals surface area (Å²) < 4.78 is 18.5. The van der Waals surface area contributed by atoms with Crippen molar-refractivity contribution < 1.29 is 14.2 Å². The summed E-state index contributed by atoms with van der Waals surface area (Å²) >= 11 is 0. The lowest BCUT2D eigenvalue weighted by Gasteiger charge is -2.40. The summed E-state index contributed by atoms with van der Waals surface area (Å²) in [5, 5.41) is 12.9. The molecule has 0 bridgehead atoms. The van der Waals surface area contributed by atoms with Crippen LogP contribution in [0.5, 0.6) is 0 Å². The fraction of sp³-hybridized carbons (Fsp3) is 0.571. The van der Waals surface area contributed by atoms with Crippen LogP contribution in [0.3, 0.4) is 0 Å². The molecule has 2 rings (SSSR count). The van der Waals surface area contributed by atoms with Crippen molar-refractivity contribution >= 4 is 5.69 Å². The monoisotopic (exact) mass is 253 g/mol. The van der Waals surface area contributed by atoms with E-state index in [1.54, 1.807) is 13.2 Å². The number of rotatable bonds is 4. The number of aliphatic hydroxyl groups excluding tert-OH is 1. The fourth-order valence-electron chi connectivity index (χ4n) is 2.57. The highest BCUT2D eigenvalue weighted by Crippen LogP contribution is 2.32. The van der Waals surface area contributed by atoms with Gasteiger partial charge in [0.25, 0.3) is 0 Å². The molecule has 1 fully saturated rings. The standard InChI is InChI=1S/C14H20FNO2/c1-18-13-5-7-14(10-17,8-6-13)16-12-4-2-3-11(15)9-12/h2-4,9,13,16-17H,5-8,10H2,1H3. The van der Waals surface area contributed by atoms with Crippen LogP contribution in [-0.2, 0) is 4.74 Å². The first-order valence-corrected chi connectivity index (χ1v) is 6.35. The maximum atomic E-state index is 13.1. The van der Waals surface area contributed by atoms with Gasteiger partial charge in [0.05, 0.1) is 18.2 Å². The molecular weight excluding hydrogens is 233 g/mol. The molecule has 0 unspecified atom stereocenters. The number of hydrogen-bond donors (Lipinski definition) is 2. The van der Waals surface area contributed by atoms with Crippen LogP contribution >= 0.6 is 0 Å². The summed E-state index contributed by atoms with van der Waals surface area (Å²) in [5.74, 6) is -0.265. The van der Waals surface area contributed by atoms with Crippen LogP contribution in [0, 0.1) is 5.82 Å². The highest BCUT2D eigenvalue weighted by atomic mass is 19.1. The van der Waals surface area contributed by atoms with Crippen molar-refractivity contribution in [1.29, 1.82) is 0 Å². The first-order chi connectivity index (χ1) is 8.67. The number of methoxy groups -OCH3 is 1. The maximum Gasteiger partial charge on any atom is 0.125 e. The van der Waals surface area contributed by atoms with Gasteiger partial charge in [-0.3, -0.25) is 0 Å². The number of hydrogen-bond acceptors (Lipinski definition) is 3. The van der Waals surface area contributed by atoms with E-state index in [-0.39, 0.29) is 24.1 Å². The predicted molar refractivity (Wildman–Crippen MR) is 69.1 cm³/mol. The molecule has 0 amide bonds. The molecule has 3 nitrogen and oxygen atoms in total. The summed E-state index contributed by atoms with van der Waals surface area (Å²) in [4.78, 5) is 0. The van der Waals surface area contributed by atoms with E-state index in [0.29, 0.717) is 0 Å². The predicted octanol–water partition coefficient (Wildman–Crippen LogP) is 2.56. The topological polar surface area (TPSA) is 41.5 Å². The van der Waals surface area contributed by atoms with Crippen molar-refractivity contribution in [2.24, 2.45) is 0 Å². The Labute approximate surface area is 107 Å². The van der Waals surface area contributed by atoms with Crippen LogP contribution in [0.25, 0.3) is 0 Å². The molecule has 2 N–H and O–H groups in total. The van der Waals surface area contributed by atoms with Crippen molar-refractivity contribution in [3.8, 4) is 0 Å². The third-order valence-corrected chi connectivity index (χ3v) is 3.76. The Hall–Kier alpha value is -1.13. The molecule has 0 radical (unpaired) electrons. The summed E-state index contributed by atoms with van der Waals surface area (Å²) in [6, 6.07) is 6.37. The number of halogens is 1. The molecular formula is C14H20FNO2. The minimum Gasteiger partial charge on any atom is -0.394 e. The SMILES string of the molecule is COC1CCC(CO)(Nc2cccc(F)c2)CC1. The van der Waals surface area contributed by atoms with Gasteiger partial charge in [0.2, 0.25) is 0 Å². The summed E-state index contributed by atoms with van der Waals surface area (Å²) in [6.45, 7) is 0.0555. The van der Waals surface area contributed by atoms with Gasteiger partial charge >= 0.3 is 0 Å². The Morgan fingerprint density at radius 1 is 1.44 bits per heavy atom. The van der Waals surface area contributed by atoms with Gasteiger partial charge in [0.1, 0.15) is 5.82 Å². The highest BCUT2D eigenvalue weighted by Gasteiger charge is 2.34. The van der Waals surface area contributed by atoms with E-state index in [1.807, 2.05) is 6.07 Å². The molecule has 0 heterocycles. The zero-order valence-electron chi connectivity index (χ0n) is 10.7. The minimum absolute atomic E-state index is 0.0555. The highest BCUT2D eigenvalue weighted by molar-refractivity contribution is 5.46. The van der Waals surface area contributed by atoms with Crippen LogP contribution < -0.4 is 5.32 Å². The third-order valence-electron chi connectivity index (χ3n) is 3.76. The van der Waals surface area contributed by atoms with E-state index < -0.39 is 0 Å². The molecule has 0 spiro atoms. The van der Waals surface area contributed by atoms with Crippen molar-refractivity contribution in [3.05, 3.63) is 30.1 Å². The van der Waals surface area contributed by atoms with E-state index in [9.17, 15) is 9.50 Å². The molecule has 1 aliphatic carbocycles. The first kappa shape index (κ1) is 13.3. The Bertz CT molecular complexity index is 389. The van der Waals surface area contributed by atoms with Crippen LogP contribution in [0.1, 0.15) is 25.7 Å². The lowest BCUT2D eigenvalue weighted by molar-refractivity contribution is 0.0411. The average molecular weight is 253 g/mol. The number of nitrogens with one attached hydrogen (secondary N) is 1. The number of anilines is 1. The van der Waals surface area contributed by atoms with Gasteiger partial charge in [-0.2, -0.15) is 0 Å². The summed E-state index contributed by atoms with van der Waals surface area (Å²) in [6.07, 6.45) is 3.77. The van der Waals surface area contributed by atoms with E-state index in [1.165, 1.54) is 12.1 Å². The van der Waals surface area contributed by atoms with Crippen molar-refractivity contribution in [1.82, 2.24) is 0 Å². The van der Waals surface area contributed by atoms with Crippen LogP contribution in [0.2, 0.25) is 0 Å². The zero-order chi connectivity index (χ0) is 13.0. The molecule has 0 atom stereocenters. The molecule has 100 valence electrons. The smallest absolute Gasteiger partial charge is 0.125 e. The number of aliphatic hydroxyl groups is 1. The lowest BCUT2D eigenvalue weighted by atomic mass is 9.80. The molecule has 4 heteroatoms. The molecule has 0 aromatic heterocycles. The van der Waals surface area contributed by atoms with E-state index >= 15 is 0 Å².